The summed E-state index contributed by atoms with van der Waals surface area (Å²) < 4.78 is 5.59. The van der Waals surface area contributed by atoms with Gasteiger partial charge in [0.15, 0.2) is 0 Å². The molecule has 0 aliphatic rings. The van der Waals surface area contributed by atoms with Crippen LogP contribution in [-0.2, 0) is 11.2 Å². The van der Waals surface area contributed by atoms with Gasteiger partial charge in [-0.3, -0.25) is 4.79 Å². The van der Waals surface area contributed by atoms with Crippen LogP contribution in [0, 0.1) is 6.92 Å². The number of furan rings is 1. The SMILES string of the molecule is C=C(Cc1c(C)oc2ccccc12)C(N)=O. The number of primary amides is 1. The predicted octanol–water partition coefficient (Wildman–Crippen LogP) is 2.33. The van der Waals surface area contributed by atoms with E-state index in [9.17, 15) is 4.79 Å². The highest BCUT2D eigenvalue weighted by molar-refractivity contribution is 5.93. The quantitative estimate of drug-likeness (QED) is 0.799. The second kappa shape index (κ2) is 3.85. The van der Waals surface area contributed by atoms with Crippen LogP contribution in [0.4, 0.5) is 0 Å². The van der Waals surface area contributed by atoms with Gasteiger partial charge in [-0.25, -0.2) is 0 Å². The highest BCUT2D eigenvalue weighted by Crippen LogP contribution is 2.26. The molecule has 0 saturated carbocycles. The zero-order valence-corrected chi connectivity index (χ0v) is 9.12. The van der Waals surface area contributed by atoms with Crippen LogP contribution in [0.1, 0.15) is 11.3 Å². The summed E-state index contributed by atoms with van der Waals surface area (Å²) in [5, 5.41) is 1.02. The Bertz CT molecular complexity index is 566. The van der Waals surface area contributed by atoms with Gasteiger partial charge in [-0.2, -0.15) is 0 Å². The zero-order chi connectivity index (χ0) is 11.7. The Hall–Kier alpha value is -2.03. The minimum absolute atomic E-state index is 0.398. The van der Waals surface area contributed by atoms with Crippen LogP contribution in [0.2, 0.25) is 0 Å². The molecule has 0 aliphatic carbocycles. The molecule has 2 N–H and O–H groups in total. The molecular formula is C13H13NO2. The van der Waals surface area contributed by atoms with Gasteiger partial charge in [-0.15, -0.1) is 0 Å². The van der Waals surface area contributed by atoms with Crippen molar-refractivity contribution in [2.75, 3.05) is 0 Å². The summed E-state index contributed by atoms with van der Waals surface area (Å²) in [4.78, 5) is 11.0. The van der Waals surface area contributed by atoms with E-state index >= 15 is 0 Å². The van der Waals surface area contributed by atoms with Crippen molar-refractivity contribution in [3.05, 3.63) is 47.7 Å². The first-order valence-electron chi connectivity index (χ1n) is 5.04. The normalized spacial score (nSPS) is 10.6. The molecule has 82 valence electrons. The first kappa shape index (κ1) is 10.5. The Morgan fingerprint density at radius 1 is 1.44 bits per heavy atom. The number of nitrogens with two attached hydrogens (primary N) is 1. The van der Waals surface area contributed by atoms with Gasteiger partial charge in [-0.05, 0) is 13.0 Å². The average molecular weight is 215 g/mol. The van der Waals surface area contributed by atoms with Crippen molar-refractivity contribution in [1.29, 1.82) is 0 Å². The Balaban J connectivity index is 2.47. The maximum absolute atomic E-state index is 11.0. The van der Waals surface area contributed by atoms with Gasteiger partial charge in [0.1, 0.15) is 11.3 Å². The Kier molecular flexibility index (Phi) is 2.52. The average Bonchev–Trinajstić information content (AvgIpc) is 2.55. The number of carbonyl (C=O) groups excluding carboxylic acids is 1. The molecule has 1 aromatic heterocycles. The van der Waals surface area contributed by atoms with E-state index in [1.165, 1.54) is 0 Å². The van der Waals surface area contributed by atoms with Gasteiger partial charge in [0.25, 0.3) is 0 Å². The molecular weight excluding hydrogens is 202 g/mol. The molecule has 2 rings (SSSR count). The molecule has 3 nitrogen and oxygen atoms in total. The van der Waals surface area contributed by atoms with Crippen LogP contribution in [0.3, 0.4) is 0 Å². The number of benzene rings is 1. The fourth-order valence-corrected chi connectivity index (χ4v) is 1.74. The Morgan fingerprint density at radius 2 is 2.12 bits per heavy atom. The lowest BCUT2D eigenvalue weighted by Gasteiger charge is -2.00. The largest absolute Gasteiger partial charge is 0.461 e. The fourth-order valence-electron chi connectivity index (χ4n) is 1.74. The van der Waals surface area contributed by atoms with E-state index in [1.54, 1.807) is 0 Å². The molecule has 0 saturated heterocycles. The van der Waals surface area contributed by atoms with E-state index in [2.05, 4.69) is 6.58 Å². The Labute approximate surface area is 93.5 Å². The van der Waals surface area contributed by atoms with Crippen LogP contribution >= 0.6 is 0 Å². The molecule has 0 fully saturated rings. The van der Waals surface area contributed by atoms with Crippen LogP contribution in [0.25, 0.3) is 11.0 Å². The number of fused-ring (bicyclic) bond motifs is 1. The maximum Gasteiger partial charge on any atom is 0.244 e. The summed E-state index contributed by atoms with van der Waals surface area (Å²) in [6, 6.07) is 7.72. The van der Waals surface area contributed by atoms with E-state index < -0.39 is 5.91 Å². The van der Waals surface area contributed by atoms with E-state index in [4.69, 9.17) is 10.2 Å². The third-order valence-corrected chi connectivity index (χ3v) is 2.64. The standard InChI is InChI=1S/C13H13NO2/c1-8(13(14)15)7-11-9(2)16-12-6-4-3-5-10(11)12/h3-6H,1,7H2,2H3,(H2,14,15). The minimum atomic E-state index is -0.468. The van der Waals surface area contributed by atoms with Gasteiger partial charge in [-0.1, -0.05) is 24.8 Å². The summed E-state index contributed by atoms with van der Waals surface area (Å²) in [5.41, 5.74) is 7.39. The highest BCUT2D eigenvalue weighted by atomic mass is 16.3. The lowest BCUT2D eigenvalue weighted by atomic mass is 10.0. The molecule has 16 heavy (non-hydrogen) atoms. The van der Waals surface area contributed by atoms with E-state index in [0.29, 0.717) is 12.0 Å². The van der Waals surface area contributed by atoms with Gasteiger partial charge in [0, 0.05) is 22.9 Å². The van der Waals surface area contributed by atoms with E-state index in [0.717, 1.165) is 22.3 Å². The number of aryl methyl sites for hydroxylation is 1. The minimum Gasteiger partial charge on any atom is -0.461 e. The number of para-hydroxylation sites is 1. The topological polar surface area (TPSA) is 56.2 Å². The number of hydrogen-bond acceptors (Lipinski definition) is 2. The molecule has 0 radical (unpaired) electrons. The van der Waals surface area contributed by atoms with Crippen LogP contribution < -0.4 is 5.73 Å². The van der Waals surface area contributed by atoms with Crippen molar-refractivity contribution in [3.63, 3.8) is 0 Å². The third-order valence-electron chi connectivity index (χ3n) is 2.64. The molecule has 1 amide bonds. The summed E-state index contributed by atoms with van der Waals surface area (Å²) >= 11 is 0. The molecule has 2 aromatic rings. The highest BCUT2D eigenvalue weighted by Gasteiger charge is 2.13. The fraction of sp³-hybridized carbons (Fsp3) is 0.154. The van der Waals surface area contributed by atoms with Crippen molar-refractivity contribution in [2.45, 2.75) is 13.3 Å². The second-order valence-electron chi connectivity index (χ2n) is 3.78. The molecule has 0 atom stereocenters. The lowest BCUT2D eigenvalue weighted by Crippen LogP contribution is -2.14. The van der Waals surface area contributed by atoms with Crippen LogP contribution in [0.15, 0.2) is 40.8 Å². The van der Waals surface area contributed by atoms with Crippen LogP contribution in [-0.4, -0.2) is 5.91 Å². The smallest absolute Gasteiger partial charge is 0.244 e. The van der Waals surface area contributed by atoms with Gasteiger partial charge < -0.3 is 10.2 Å². The van der Waals surface area contributed by atoms with E-state index in [1.807, 2.05) is 31.2 Å². The zero-order valence-electron chi connectivity index (χ0n) is 9.12. The van der Waals surface area contributed by atoms with Crippen molar-refractivity contribution < 1.29 is 9.21 Å². The van der Waals surface area contributed by atoms with E-state index in [-0.39, 0.29) is 0 Å². The number of amides is 1. The Morgan fingerprint density at radius 3 is 2.81 bits per heavy atom. The first-order chi connectivity index (χ1) is 7.59. The van der Waals surface area contributed by atoms with Crippen molar-refractivity contribution in [3.8, 4) is 0 Å². The number of rotatable bonds is 3. The predicted molar refractivity (Wildman–Crippen MR) is 63.0 cm³/mol. The summed E-state index contributed by atoms with van der Waals surface area (Å²) in [5.74, 6) is 0.341. The van der Waals surface area contributed by atoms with Crippen LogP contribution in [0.5, 0.6) is 0 Å². The number of hydrogen-bond donors (Lipinski definition) is 1. The summed E-state index contributed by atoms with van der Waals surface area (Å²) in [6.07, 6.45) is 0.443. The lowest BCUT2D eigenvalue weighted by molar-refractivity contribution is -0.114. The van der Waals surface area contributed by atoms with Crippen molar-refractivity contribution in [2.24, 2.45) is 5.73 Å². The number of carbonyl (C=O) groups is 1. The van der Waals surface area contributed by atoms with Gasteiger partial charge in [0.05, 0.1) is 0 Å². The second-order valence-corrected chi connectivity index (χ2v) is 3.78. The maximum atomic E-state index is 11.0. The van der Waals surface area contributed by atoms with Crippen molar-refractivity contribution in [1.82, 2.24) is 0 Å². The summed E-state index contributed by atoms with van der Waals surface area (Å²) in [6.45, 7) is 5.54. The molecule has 0 aliphatic heterocycles. The molecule has 3 heteroatoms. The molecule has 0 spiro atoms. The van der Waals surface area contributed by atoms with Gasteiger partial charge in [0.2, 0.25) is 5.91 Å². The molecule has 0 bridgehead atoms. The van der Waals surface area contributed by atoms with Gasteiger partial charge >= 0.3 is 0 Å². The molecule has 0 unspecified atom stereocenters. The molecule has 1 heterocycles. The monoisotopic (exact) mass is 215 g/mol. The van der Waals surface area contributed by atoms with Crippen molar-refractivity contribution >= 4 is 16.9 Å². The summed E-state index contributed by atoms with van der Waals surface area (Å²) in [7, 11) is 0. The third kappa shape index (κ3) is 1.72. The first-order valence-corrected chi connectivity index (χ1v) is 5.04. The molecule has 1 aromatic carbocycles.